The molecular weight excluding hydrogens is 290 g/mol. The zero-order valence-corrected chi connectivity index (χ0v) is 12.4. The van der Waals surface area contributed by atoms with Gasteiger partial charge in [0.05, 0.1) is 23.0 Å². The average molecular weight is 303 g/mol. The number of benzene rings is 2. The van der Waals surface area contributed by atoms with Gasteiger partial charge in [-0.2, -0.15) is 5.26 Å². The van der Waals surface area contributed by atoms with Crippen LogP contribution in [0.1, 0.15) is 21.7 Å². The predicted molar refractivity (Wildman–Crippen MR) is 85.2 cm³/mol. The van der Waals surface area contributed by atoms with E-state index in [0.717, 1.165) is 5.69 Å². The molecule has 3 aromatic rings. The number of aromatic nitrogens is 3. The lowest BCUT2D eigenvalue weighted by Gasteiger charge is -2.05. The molecule has 0 aliphatic heterocycles. The Labute approximate surface area is 133 Å². The first-order valence-corrected chi connectivity index (χ1v) is 6.98. The summed E-state index contributed by atoms with van der Waals surface area (Å²) >= 11 is 0. The van der Waals surface area contributed by atoms with Crippen LogP contribution in [0.3, 0.4) is 0 Å². The topological polar surface area (TPSA) is 83.6 Å². The first-order valence-electron chi connectivity index (χ1n) is 6.98. The van der Waals surface area contributed by atoms with Gasteiger partial charge in [0.2, 0.25) is 0 Å². The van der Waals surface area contributed by atoms with E-state index >= 15 is 0 Å². The van der Waals surface area contributed by atoms with E-state index in [-0.39, 0.29) is 11.6 Å². The molecule has 0 bridgehead atoms. The van der Waals surface area contributed by atoms with E-state index in [1.807, 2.05) is 36.4 Å². The molecule has 0 atom stereocenters. The maximum absolute atomic E-state index is 12.4. The van der Waals surface area contributed by atoms with Crippen LogP contribution < -0.4 is 5.32 Å². The van der Waals surface area contributed by atoms with Crippen molar-refractivity contribution >= 4 is 11.6 Å². The van der Waals surface area contributed by atoms with Crippen LogP contribution >= 0.6 is 0 Å². The lowest BCUT2D eigenvalue weighted by atomic mass is 10.2. The fraction of sp³-hybridized carbons (Fsp3) is 0.0588. The van der Waals surface area contributed by atoms with Crippen molar-refractivity contribution in [3.05, 3.63) is 71.5 Å². The lowest BCUT2D eigenvalue weighted by molar-refractivity contribution is 0.102. The fourth-order valence-corrected chi connectivity index (χ4v) is 2.21. The normalized spacial score (nSPS) is 10.1. The van der Waals surface area contributed by atoms with Crippen LogP contribution in [0.25, 0.3) is 5.69 Å². The second kappa shape index (κ2) is 6.12. The minimum absolute atomic E-state index is 0.246. The third-order valence-electron chi connectivity index (χ3n) is 3.36. The summed E-state index contributed by atoms with van der Waals surface area (Å²) in [4.78, 5) is 12.4. The van der Waals surface area contributed by atoms with E-state index in [0.29, 0.717) is 16.9 Å². The van der Waals surface area contributed by atoms with E-state index in [4.69, 9.17) is 5.26 Å². The molecule has 0 radical (unpaired) electrons. The highest BCUT2D eigenvalue weighted by molar-refractivity contribution is 6.03. The highest BCUT2D eigenvalue weighted by atomic mass is 16.2. The maximum Gasteiger partial charge on any atom is 0.278 e. The molecule has 0 saturated carbocycles. The van der Waals surface area contributed by atoms with Gasteiger partial charge >= 0.3 is 0 Å². The van der Waals surface area contributed by atoms with Gasteiger partial charge in [-0.3, -0.25) is 4.79 Å². The fourth-order valence-electron chi connectivity index (χ4n) is 2.21. The molecule has 1 aromatic heterocycles. The van der Waals surface area contributed by atoms with Crippen molar-refractivity contribution in [2.24, 2.45) is 0 Å². The van der Waals surface area contributed by atoms with Gasteiger partial charge in [-0.1, -0.05) is 29.5 Å². The highest BCUT2D eigenvalue weighted by Crippen LogP contribution is 2.15. The van der Waals surface area contributed by atoms with Crippen molar-refractivity contribution in [3.63, 3.8) is 0 Å². The number of carbonyl (C=O) groups is 1. The van der Waals surface area contributed by atoms with Gasteiger partial charge in [-0.15, -0.1) is 5.10 Å². The number of rotatable bonds is 3. The molecule has 6 nitrogen and oxygen atoms in total. The number of nitrogens with one attached hydrogen (secondary N) is 1. The molecule has 2 aromatic carbocycles. The van der Waals surface area contributed by atoms with Crippen molar-refractivity contribution in [1.29, 1.82) is 5.26 Å². The smallest absolute Gasteiger partial charge is 0.278 e. The van der Waals surface area contributed by atoms with Gasteiger partial charge in [0, 0.05) is 5.69 Å². The van der Waals surface area contributed by atoms with Gasteiger partial charge in [-0.05, 0) is 37.3 Å². The van der Waals surface area contributed by atoms with Crippen molar-refractivity contribution in [2.75, 3.05) is 5.32 Å². The molecule has 6 heteroatoms. The number of hydrogen-bond donors (Lipinski definition) is 1. The van der Waals surface area contributed by atoms with Crippen LogP contribution in [0, 0.1) is 18.3 Å². The molecule has 1 N–H and O–H groups in total. The molecule has 0 spiro atoms. The minimum Gasteiger partial charge on any atom is -0.320 e. The molecule has 0 fully saturated rings. The van der Waals surface area contributed by atoms with Crippen molar-refractivity contribution in [3.8, 4) is 11.8 Å². The van der Waals surface area contributed by atoms with Crippen molar-refractivity contribution < 1.29 is 4.79 Å². The molecule has 1 heterocycles. The van der Waals surface area contributed by atoms with Crippen molar-refractivity contribution in [2.45, 2.75) is 6.92 Å². The lowest BCUT2D eigenvalue weighted by Crippen LogP contribution is -2.14. The zero-order valence-electron chi connectivity index (χ0n) is 12.4. The predicted octanol–water partition coefficient (Wildman–Crippen LogP) is 2.70. The van der Waals surface area contributed by atoms with Gasteiger partial charge in [0.1, 0.15) is 0 Å². The number of anilines is 1. The number of carbonyl (C=O) groups excluding carboxylic acids is 1. The zero-order chi connectivity index (χ0) is 16.2. The number of nitrogens with zero attached hydrogens (tertiary/aromatic N) is 4. The van der Waals surface area contributed by atoms with Crippen LogP contribution in [0.5, 0.6) is 0 Å². The molecule has 0 unspecified atom stereocenters. The summed E-state index contributed by atoms with van der Waals surface area (Å²) in [6, 6.07) is 18.2. The second-order valence-electron chi connectivity index (χ2n) is 4.92. The largest absolute Gasteiger partial charge is 0.320 e. The third kappa shape index (κ3) is 2.94. The molecule has 1 amide bonds. The summed E-state index contributed by atoms with van der Waals surface area (Å²) in [6.45, 7) is 1.79. The molecular formula is C17H13N5O. The Bertz CT molecular complexity index is 893. The Morgan fingerprint density at radius 3 is 2.70 bits per heavy atom. The van der Waals surface area contributed by atoms with Crippen LogP contribution in [0.4, 0.5) is 5.69 Å². The Kier molecular flexibility index (Phi) is 3.85. The summed E-state index contributed by atoms with van der Waals surface area (Å²) in [5.41, 5.74) is 2.75. The third-order valence-corrected chi connectivity index (χ3v) is 3.36. The Morgan fingerprint density at radius 2 is 1.96 bits per heavy atom. The van der Waals surface area contributed by atoms with E-state index < -0.39 is 0 Å². The van der Waals surface area contributed by atoms with Gasteiger partial charge < -0.3 is 5.32 Å². The van der Waals surface area contributed by atoms with Crippen molar-refractivity contribution in [1.82, 2.24) is 15.0 Å². The quantitative estimate of drug-likeness (QED) is 0.806. The summed E-state index contributed by atoms with van der Waals surface area (Å²) in [7, 11) is 0. The van der Waals surface area contributed by atoms with Crippen LogP contribution in [-0.2, 0) is 0 Å². The first-order chi connectivity index (χ1) is 11.2. The van der Waals surface area contributed by atoms with E-state index in [2.05, 4.69) is 15.6 Å². The number of nitriles is 1. The second-order valence-corrected chi connectivity index (χ2v) is 4.92. The Hall–Kier alpha value is -3.46. The van der Waals surface area contributed by atoms with Gasteiger partial charge in [-0.25, -0.2) is 4.68 Å². The first kappa shape index (κ1) is 14.5. The molecule has 112 valence electrons. The average Bonchev–Trinajstić information content (AvgIpc) is 2.97. The minimum atomic E-state index is -0.361. The van der Waals surface area contributed by atoms with Gasteiger partial charge in [0.25, 0.3) is 5.91 Å². The molecule has 0 saturated heterocycles. The number of para-hydroxylation sites is 1. The molecule has 23 heavy (non-hydrogen) atoms. The van der Waals surface area contributed by atoms with E-state index in [9.17, 15) is 4.79 Å². The van der Waals surface area contributed by atoms with Crippen LogP contribution in [0.2, 0.25) is 0 Å². The highest BCUT2D eigenvalue weighted by Gasteiger charge is 2.17. The number of amides is 1. The molecule has 0 aliphatic rings. The summed E-state index contributed by atoms with van der Waals surface area (Å²) in [6.07, 6.45) is 0. The van der Waals surface area contributed by atoms with E-state index in [1.54, 1.807) is 35.9 Å². The van der Waals surface area contributed by atoms with Gasteiger partial charge in [0.15, 0.2) is 5.69 Å². The Morgan fingerprint density at radius 1 is 1.17 bits per heavy atom. The summed E-state index contributed by atoms with van der Waals surface area (Å²) < 4.78 is 1.61. The Balaban J connectivity index is 1.86. The summed E-state index contributed by atoms with van der Waals surface area (Å²) in [5, 5.41) is 19.6. The summed E-state index contributed by atoms with van der Waals surface area (Å²) in [5.74, 6) is -0.361. The number of hydrogen-bond acceptors (Lipinski definition) is 4. The molecule has 3 rings (SSSR count). The standard InChI is InChI=1S/C17H13N5O/c1-12-16(20-21-22(12)15-8-3-2-4-9-15)17(23)19-14-7-5-6-13(10-14)11-18/h2-10H,1H3,(H,19,23). The maximum atomic E-state index is 12.4. The monoisotopic (exact) mass is 303 g/mol. The molecule has 0 aliphatic carbocycles. The SMILES string of the molecule is Cc1c(C(=O)Nc2cccc(C#N)c2)nnn1-c1ccccc1. The van der Waals surface area contributed by atoms with E-state index in [1.165, 1.54) is 0 Å². The van der Waals surface area contributed by atoms with Crippen LogP contribution in [0.15, 0.2) is 54.6 Å². The van der Waals surface area contributed by atoms with Crippen LogP contribution in [-0.4, -0.2) is 20.9 Å².